The van der Waals surface area contributed by atoms with Gasteiger partial charge in [0.25, 0.3) is 0 Å². The van der Waals surface area contributed by atoms with Crippen molar-refractivity contribution in [3.63, 3.8) is 0 Å². The minimum Gasteiger partial charge on any atom is -0.489 e. The number of hydrogen-bond donors (Lipinski definition) is 0. The normalized spacial score (nSPS) is 26.6. The van der Waals surface area contributed by atoms with E-state index in [1.54, 1.807) is 6.92 Å². The zero-order chi connectivity index (χ0) is 15.4. The van der Waals surface area contributed by atoms with E-state index in [2.05, 4.69) is 4.90 Å². The fourth-order valence-electron chi connectivity index (χ4n) is 3.50. The van der Waals surface area contributed by atoms with E-state index in [0.717, 1.165) is 44.0 Å². The van der Waals surface area contributed by atoms with E-state index in [4.69, 9.17) is 9.47 Å². The van der Waals surface area contributed by atoms with Gasteiger partial charge in [-0.3, -0.25) is 9.69 Å². The van der Waals surface area contributed by atoms with Gasteiger partial charge in [-0.2, -0.15) is 0 Å². The SMILES string of the molecule is CC(=O)c1cccc(OC2CCCCC2N2CCOCC2)c1. The minimum atomic E-state index is 0.0822. The molecule has 1 heterocycles. The lowest BCUT2D eigenvalue weighted by molar-refractivity contribution is -0.0281. The summed E-state index contributed by atoms with van der Waals surface area (Å²) in [6, 6.07) is 8.04. The molecule has 2 aliphatic rings. The number of rotatable bonds is 4. The molecule has 3 rings (SSSR count). The highest BCUT2D eigenvalue weighted by Gasteiger charge is 2.32. The van der Waals surface area contributed by atoms with Gasteiger partial charge < -0.3 is 9.47 Å². The average molecular weight is 303 g/mol. The molecule has 1 aliphatic heterocycles. The Kier molecular flexibility index (Phi) is 5.11. The van der Waals surface area contributed by atoms with Gasteiger partial charge in [-0.25, -0.2) is 0 Å². The summed E-state index contributed by atoms with van der Waals surface area (Å²) >= 11 is 0. The van der Waals surface area contributed by atoms with Crippen LogP contribution in [-0.4, -0.2) is 49.1 Å². The highest BCUT2D eigenvalue weighted by molar-refractivity contribution is 5.94. The Morgan fingerprint density at radius 1 is 1.23 bits per heavy atom. The number of carbonyl (C=O) groups is 1. The molecule has 0 bridgehead atoms. The van der Waals surface area contributed by atoms with Crippen LogP contribution in [0, 0.1) is 0 Å². The highest BCUT2D eigenvalue weighted by Crippen LogP contribution is 2.28. The molecule has 4 heteroatoms. The van der Waals surface area contributed by atoms with Crippen molar-refractivity contribution in [2.24, 2.45) is 0 Å². The Balaban J connectivity index is 1.70. The van der Waals surface area contributed by atoms with Crippen molar-refractivity contribution in [2.75, 3.05) is 26.3 Å². The molecule has 2 fully saturated rings. The maximum atomic E-state index is 11.5. The summed E-state index contributed by atoms with van der Waals surface area (Å²) < 4.78 is 11.7. The fourth-order valence-corrected chi connectivity index (χ4v) is 3.50. The molecule has 120 valence electrons. The Bertz CT molecular complexity index is 511. The van der Waals surface area contributed by atoms with Gasteiger partial charge in [-0.15, -0.1) is 0 Å². The van der Waals surface area contributed by atoms with Crippen LogP contribution in [0.25, 0.3) is 0 Å². The van der Waals surface area contributed by atoms with Crippen LogP contribution in [0.3, 0.4) is 0 Å². The third kappa shape index (κ3) is 3.68. The molecule has 1 aromatic rings. The Morgan fingerprint density at radius 2 is 2.00 bits per heavy atom. The van der Waals surface area contributed by atoms with Crippen LogP contribution in [0.2, 0.25) is 0 Å². The van der Waals surface area contributed by atoms with Crippen molar-refractivity contribution in [3.8, 4) is 5.75 Å². The lowest BCUT2D eigenvalue weighted by atomic mass is 9.91. The maximum Gasteiger partial charge on any atom is 0.159 e. The van der Waals surface area contributed by atoms with Crippen molar-refractivity contribution in [2.45, 2.75) is 44.8 Å². The Labute approximate surface area is 132 Å². The van der Waals surface area contributed by atoms with Crippen LogP contribution in [-0.2, 0) is 4.74 Å². The number of morpholine rings is 1. The molecule has 1 aromatic carbocycles. The number of ketones is 1. The number of benzene rings is 1. The molecule has 0 radical (unpaired) electrons. The van der Waals surface area contributed by atoms with Crippen LogP contribution in [0.5, 0.6) is 5.75 Å². The second kappa shape index (κ2) is 7.25. The topological polar surface area (TPSA) is 38.8 Å². The first-order valence-electron chi connectivity index (χ1n) is 8.33. The van der Waals surface area contributed by atoms with Gasteiger partial charge in [0.1, 0.15) is 11.9 Å². The Hall–Kier alpha value is -1.39. The molecule has 1 saturated carbocycles. The largest absolute Gasteiger partial charge is 0.489 e. The summed E-state index contributed by atoms with van der Waals surface area (Å²) in [6.45, 7) is 5.23. The third-order valence-electron chi connectivity index (χ3n) is 4.71. The van der Waals surface area contributed by atoms with E-state index in [9.17, 15) is 4.79 Å². The second-order valence-corrected chi connectivity index (χ2v) is 6.24. The standard InChI is InChI=1S/C18H25NO3/c1-14(20)15-5-4-6-16(13-15)22-18-8-3-2-7-17(18)19-9-11-21-12-10-19/h4-6,13,17-18H,2-3,7-12H2,1H3. The molecule has 1 aliphatic carbocycles. The van der Waals surface area contributed by atoms with Crippen LogP contribution in [0.1, 0.15) is 43.0 Å². The summed E-state index contributed by atoms with van der Waals surface area (Å²) in [4.78, 5) is 14.0. The summed E-state index contributed by atoms with van der Waals surface area (Å²) in [5, 5.41) is 0. The molecule has 0 N–H and O–H groups in total. The zero-order valence-corrected chi connectivity index (χ0v) is 13.3. The summed E-state index contributed by atoms with van der Waals surface area (Å²) in [7, 11) is 0. The molecule has 4 nitrogen and oxygen atoms in total. The van der Waals surface area contributed by atoms with Gasteiger partial charge in [0.15, 0.2) is 5.78 Å². The molecule has 0 amide bonds. The van der Waals surface area contributed by atoms with E-state index in [-0.39, 0.29) is 11.9 Å². The first-order chi connectivity index (χ1) is 10.7. The average Bonchev–Trinajstić information content (AvgIpc) is 2.56. The van der Waals surface area contributed by atoms with Crippen molar-refractivity contribution in [1.82, 2.24) is 4.90 Å². The lowest BCUT2D eigenvalue weighted by Gasteiger charge is -2.41. The van der Waals surface area contributed by atoms with Gasteiger partial charge in [-0.1, -0.05) is 18.6 Å². The van der Waals surface area contributed by atoms with Crippen molar-refractivity contribution in [1.29, 1.82) is 0 Å². The van der Waals surface area contributed by atoms with E-state index < -0.39 is 0 Å². The number of Topliss-reactive ketones (excluding diaryl/α,β-unsaturated/α-hetero) is 1. The molecular weight excluding hydrogens is 278 g/mol. The van der Waals surface area contributed by atoms with E-state index >= 15 is 0 Å². The van der Waals surface area contributed by atoms with Crippen molar-refractivity contribution in [3.05, 3.63) is 29.8 Å². The third-order valence-corrected chi connectivity index (χ3v) is 4.71. The van der Waals surface area contributed by atoms with E-state index in [0.29, 0.717) is 6.04 Å². The van der Waals surface area contributed by atoms with Crippen molar-refractivity contribution >= 4 is 5.78 Å². The minimum absolute atomic E-state index is 0.0822. The molecule has 1 saturated heterocycles. The molecule has 0 aromatic heterocycles. The quantitative estimate of drug-likeness (QED) is 0.802. The highest BCUT2D eigenvalue weighted by atomic mass is 16.5. The fraction of sp³-hybridized carbons (Fsp3) is 0.611. The maximum absolute atomic E-state index is 11.5. The van der Waals surface area contributed by atoms with Gasteiger partial charge in [-0.05, 0) is 38.3 Å². The van der Waals surface area contributed by atoms with Gasteiger partial charge in [0.2, 0.25) is 0 Å². The van der Waals surface area contributed by atoms with Crippen LogP contribution < -0.4 is 4.74 Å². The van der Waals surface area contributed by atoms with Crippen LogP contribution >= 0.6 is 0 Å². The molecular formula is C18H25NO3. The summed E-state index contributed by atoms with van der Waals surface area (Å²) in [5.74, 6) is 0.900. The zero-order valence-electron chi connectivity index (χ0n) is 13.3. The first-order valence-corrected chi connectivity index (χ1v) is 8.33. The smallest absolute Gasteiger partial charge is 0.159 e. The number of carbonyl (C=O) groups excluding carboxylic acids is 1. The predicted molar refractivity (Wildman–Crippen MR) is 85.5 cm³/mol. The number of nitrogens with zero attached hydrogens (tertiary/aromatic N) is 1. The Morgan fingerprint density at radius 3 is 2.77 bits per heavy atom. The monoisotopic (exact) mass is 303 g/mol. The van der Waals surface area contributed by atoms with Gasteiger partial charge >= 0.3 is 0 Å². The lowest BCUT2D eigenvalue weighted by Crippen LogP contribution is -2.52. The molecule has 2 atom stereocenters. The number of hydrogen-bond acceptors (Lipinski definition) is 4. The van der Waals surface area contributed by atoms with E-state index in [1.165, 1.54) is 19.3 Å². The van der Waals surface area contributed by atoms with Crippen molar-refractivity contribution < 1.29 is 14.3 Å². The molecule has 2 unspecified atom stereocenters. The van der Waals surface area contributed by atoms with Gasteiger partial charge in [0.05, 0.1) is 13.2 Å². The summed E-state index contributed by atoms with van der Waals surface area (Å²) in [6.07, 6.45) is 4.99. The van der Waals surface area contributed by atoms with Crippen LogP contribution in [0.15, 0.2) is 24.3 Å². The number of ether oxygens (including phenoxy) is 2. The molecule has 0 spiro atoms. The molecule has 22 heavy (non-hydrogen) atoms. The second-order valence-electron chi connectivity index (χ2n) is 6.24. The summed E-state index contributed by atoms with van der Waals surface area (Å²) in [5.41, 5.74) is 0.719. The first kappa shape index (κ1) is 15.5. The van der Waals surface area contributed by atoms with Gasteiger partial charge in [0, 0.05) is 24.7 Å². The predicted octanol–water partition coefficient (Wildman–Crippen LogP) is 2.91. The van der Waals surface area contributed by atoms with Crippen LogP contribution in [0.4, 0.5) is 0 Å². The van der Waals surface area contributed by atoms with E-state index in [1.807, 2.05) is 24.3 Å².